The summed E-state index contributed by atoms with van der Waals surface area (Å²) in [6.45, 7) is 3.41. The van der Waals surface area contributed by atoms with Crippen molar-refractivity contribution in [3.8, 4) is 17.0 Å². The molecule has 1 N–H and O–H groups in total. The molecule has 0 unspecified atom stereocenters. The van der Waals surface area contributed by atoms with Crippen molar-refractivity contribution >= 4 is 34.1 Å². The van der Waals surface area contributed by atoms with E-state index in [1.165, 1.54) is 0 Å². The van der Waals surface area contributed by atoms with Crippen LogP contribution in [0.2, 0.25) is 0 Å². The van der Waals surface area contributed by atoms with Gasteiger partial charge in [0.15, 0.2) is 5.16 Å². The van der Waals surface area contributed by atoms with Crippen molar-refractivity contribution in [1.82, 2.24) is 9.55 Å². The van der Waals surface area contributed by atoms with Gasteiger partial charge in [-0.2, -0.15) is 0 Å². The maximum Gasteiger partial charge on any atom is 0.260 e. The zero-order chi connectivity index (χ0) is 20.5. The minimum absolute atomic E-state index is 0.185. The van der Waals surface area contributed by atoms with Crippen molar-refractivity contribution in [2.75, 3.05) is 17.7 Å². The minimum Gasteiger partial charge on any atom is -0.493 e. The van der Waals surface area contributed by atoms with Crippen LogP contribution in [0.25, 0.3) is 22.0 Å². The smallest absolute Gasteiger partial charge is 0.260 e. The van der Waals surface area contributed by atoms with Crippen LogP contribution in [0.4, 0.5) is 5.69 Å². The van der Waals surface area contributed by atoms with Gasteiger partial charge in [-0.3, -0.25) is 4.79 Å². The number of carbonyl (C=O) groups excluding carboxylic acids is 1. The number of carbonyl (C=O) groups is 1. The Morgan fingerprint density at radius 2 is 2.07 bits per heavy atom. The van der Waals surface area contributed by atoms with Gasteiger partial charge in [0, 0.05) is 29.7 Å². The van der Waals surface area contributed by atoms with E-state index in [1.807, 2.05) is 67.6 Å². The third kappa shape index (κ3) is 3.44. The first-order valence-electron chi connectivity index (χ1n) is 9.99. The van der Waals surface area contributed by atoms with Gasteiger partial charge >= 0.3 is 0 Å². The number of hydrogen-bond acceptors (Lipinski definition) is 4. The Hall–Kier alpha value is -3.25. The first kappa shape index (κ1) is 18.8. The van der Waals surface area contributed by atoms with Crippen LogP contribution in [0, 0.1) is 0 Å². The first-order valence-corrected chi connectivity index (χ1v) is 11.0. The SMILES string of the molecule is CCOc1ccc2ccccc2c1C(=O)Nc1cccc(-c2cn3c(n2)SCC3)c1. The lowest BCUT2D eigenvalue weighted by atomic mass is 10.0. The fraction of sp³-hybridized carbons (Fsp3) is 0.167. The molecule has 0 aliphatic carbocycles. The Bertz CT molecular complexity index is 1230. The van der Waals surface area contributed by atoms with Gasteiger partial charge in [0.1, 0.15) is 5.75 Å². The molecule has 0 saturated heterocycles. The predicted octanol–water partition coefficient (Wildman–Crippen LogP) is 5.46. The molecule has 0 radical (unpaired) electrons. The number of hydrogen-bond donors (Lipinski definition) is 1. The number of benzene rings is 3. The monoisotopic (exact) mass is 415 g/mol. The largest absolute Gasteiger partial charge is 0.493 e. The molecule has 5 nitrogen and oxygen atoms in total. The Labute approximate surface area is 179 Å². The number of fused-ring (bicyclic) bond motifs is 2. The zero-order valence-electron chi connectivity index (χ0n) is 16.6. The average Bonchev–Trinajstić information content (AvgIpc) is 3.36. The Balaban J connectivity index is 1.48. The minimum atomic E-state index is -0.185. The molecule has 3 aromatic carbocycles. The van der Waals surface area contributed by atoms with Crippen LogP contribution in [0.3, 0.4) is 0 Å². The van der Waals surface area contributed by atoms with Crippen LogP contribution in [-0.4, -0.2) is 27.8 Å². The number of nitrogens with one attached hydrogen (secondary N) is 1. The van der Waals surface area contributed by atoms with Crippen molar-refractivity contribution in [2.24, 2.45) is 0 Å². The van der Waals surface area contributed by atoms with E-state index in [1.54, 1.807) is 11.8 Å². The molecule has 0 atom stereocenters. The molecule has 1 aliphatic heterocycles. The molecule has 1 amide bonds. The van der Waals surface area contributed by atoms with Gasteiger partial charge in [-0.05, 0) is 35.9 Å². The summed E-state index contributed by atoms with van der Waals surface area (Å²) in [5.74, 6) is 1.48. The highest BCUT2D eigenvalue weighted by molar-refractivity contribution is 7.99. The molecule has 1 aromatic heterocycles. The van der Waals surface area contributed by atoms with Crippen LogP contribution in [0.5, 0.6) is 5.75 Å². The summed E-state index contributed by atoms with van der Waals surface area (Å²) < 4.78 is 7.93. The van der Waals surface area contributed by atoms with Crippen molar-refractivity contribution in [2.45, 2.75) is 18.6 Å². The van der Waals surface area contributed by atoms with Crippen molar-refractivity contribution in [1.29, 1.82) is 0 Å². The third-order valence-electron chi connectivity index (χ3n) is 5.14. The van der Waals surface area contributed by atoms with E-state index in [9.17, 15) is 4.79 Å². The molecule has 0 fully saturated rings. The zero-order valence-corrected chi connectivity index (χ0v) is 17.4. The first-order chi connectivity index (χ1) is 14.7. The van der Waals surface area contributed by atoms with Crippen molar-refractivity contribution in [3.63, 3.8) is 0 Å². The molecule has 4 aromatic rings. The van der Waals surface area contributed by atoms with E-state index in [-0.39, 0.29) is 5.91 Å². The quantitative estimate of drug-likeness (QED) is 0.470. The molecule has 2 heterocycles. The number of nitrogens with zero attached hydrogens (tertiary/aromatic N) is 2. The number of imidazole rings is 1. The van der Waals surface area contributed by atoms with Crippen molar-refractivity contribution < 1.29 is 9.53 Å². The van der Waals surface area contributed by atoms with Crippen LogP contribution in [0.15, 0.2) is 72.0 Å². The number of aromatic nitrogens is 2. The highest BCUT2D eigenvalue weighted by Crippen LogP contribution is 2.31. The van der Waals surface area contributed by atoms with Crippen molar-refractivity contribution in [3.05, 3.63) is 72.4 Å². The summed E-state index contributed by atoms with van der Waals surface area (Å²) in [5, 5.41) is 5.98. The number of amides is 1. The van der Waals surface area contributed by atoms with Crippen LogP contribution >= 0.6 is 11.8 Å². The number of aryl methyl sites for hydroxylation is 1. The molecule has 1 aliphatic rings. The molecule has 0 saturated carbocycles. The number of anilines is 1. The Kier molecular flexibility index (Phi) is 4.93. The topological polar surface area (TPSA) is 56.1 Å². The molecule has 150 valence electrons. The van der Waals surface area contributed by atoms with Gasteiger partial charge < -0.3 is 14.6 Å². The van der Waals surface area contributed by atoms with Gasteiger partial charge in [-0.15, -0.1) is 0 Å². The molecule has 6 heteroatoms. The second-order valence-electron chi connectivity index (χ2n) is 7.08. The van der Waals surface area contributed by atoms with Gasteiger partial charge in [0.2, 0.25) is 0 Å². The lowest BCUT2D eigenvalue weighted by Crippen LogP contribution is -2.14. The molecule has 0 spiro atoms. The Morgan fingerprint density at radius 3 is 2.93 bits per heavy atom. The van der Waals surface area contributed by atoms with E-state index < -0.39 is 0 Å². The summed E-state index contributed by atoms with van der Waals surface area (Å²) >= 11 is 1.77. The maximum absolute atomic E-state index is 13.3. The fourth-order valence-electron chi connectivity index (χ4n) is 3.76. The Morgan fingerprint density at radius 1 is 1.17 bits per heavy atom. The standard InChI is InChI=1S/C24H21N3O2S/c1-2-29-21-11-10-16-6-3-4-9-19(16)22(21)23(28)25-18-8-5-7-17(14-18)20-15-27-12-13-30-24(27)26-20/h3-11,14-15H,2,12-13H2,1H3,(H,25,28). The summed E-state index contributed by atoms with van der Waals surface area (Å²) in [7, 11) is 0. The predicted molar refractivity (Wildman–Crippen MR) is 121 cm³/mol. The highest BCUT2D eigenvalue weighted by atomic mass is 32.2. The molecule has 0 bridgehead atoms. The van der Waals surface area contributed by atoms with Gasteiger partial charge in [0.05, 0.1) is 17.9 Å². The highest BCUT2D eigenvalue weighted by Gasteiger charge is 2.18. The van der Waals surface area contributed by atoms with E-state index in [4.69, 9.17) is 9.72 Å². The summed E-state index contributed by atoms with van der Waals surface area (Å²) in [5.41, 5.74) is 3.19. The lowest BCUT2D eigenvalue weighted by molar-refractivity contribution is 0.102. The summed E-state index contributed by atoms with van der Waals surface area (Å²) in [6, 6.07) is 19.5. The molecule has 30 heavy (non-hydrogen) atoms. The maximum atomic E-state index is 13.3. The second kappa shape index (κ2) is 7.88. The van der Waals surface area contributed by atoms with Gasteiger partial charge in [-0.1, -0.05) is 54.2 Å². The van der Waals surface area contributed by atoms with Gasteiger partial charge in [0.25, 0.3) is 5.91 Å². The van der Waals surface area contributed by atoms with E-state index >= 15 is 0 Å². The van der Waals surface area contributed by atoms with E-state index in [2.05, 4.69) is 16.1 Å². The number of ether oxygens (including phenoxy) is 1. The van der Waals surface area contributed by atoms with Gasteiger partial charge in [-0.25, -0.2) is 4.98 Å². The van der Waals surface area contributed by atoms with Crippen LogP contribution in [0.1, 0.15) is 17.3 Å². The summed E-state index contributed by atoms with van der Waals surface area (Å²) in [4.78, 5) is 18.0. The van der Waals surface area contributed by atoms with E-state index in [0.717, 1.165) is 45.2 Å². The number of rotatable bonds is 5. The number of thioether (sulfide) groups is 1. The van der Waals surface area contributed by atoms with Crippen LogP contribution < -0.4 is 10.1 Å². The fourth-order valence-corrected chi connectivity index (χ4v) is 4.70. The normalized spacial score (nSPS) is 12.7. The second-order valence-corrected chi connectivity index (χ2v) is 8.14. The van der Waals surface area contributed by atoms with Crippen LogP contribution in [-0.2, 0) is 6.54 Å². The molecular formula is C24H21N3O2S. The molecule has 5 rings (SSSR count). The lowest BCUT2D eigenvalue weighted by Gasteiger charge is -2.14. The average molecular weight is 416 g/mol. The summed E-state index contributed by atoms with van der Waals surface area (Å²) in [6.07, 6.45) is 2.08. The third-order valence-corrected chi connectivity index (χ3v) is 6.11. The van der Waals surface area contributed by atoms with E-state index in [0.29, 0.717) is 17.9 Å². The molecular weight excluding hydrogens is 394 g/mol.